The van der Waals surface area contributed by atoms with Gasteiger partial charge in [-0.2, -0.15) is 0 Å². The Balaban J connectivity index is 1.48. The second-order valence-corrected chi connectivity index (χ2v) is 10.9. The van der Waals surface area contributed by atoms with E-state index in [1.54, 1.807) is 7.11 Å². The molecule has 3 aromatic rings. The van der Waals surface area contributed by atoms with Gasteiger partial charge in [-0.3, -0.25) is 19.6 Å². The van der Waals surface area contributed by atoms with Crippen molar-refractivity contribution in [2.45, 2.75) is 31.5 Å². The van der Waals surface area contributed by atoms with Crippen molar-refractivity contribution in [3.05, 3.63) is 98.5 Å². The number of nitrogens with zero attached hydrogens (tertiary/aromatic N) is 3. The summed E-state index contributed by atoms with van der Waals surface area (Å²) in [4.78, 5) is 23.5. The van der Waals surface area contributed by atoms with E-state index in [0.717, 1.165) is 60.7 Å². The molecule has 6 nitrogen and oxygen atoms in total. The first kappa shape index (κ1) is 25.4. The van der Waals surface area contributed by atoms with Gasteiger partial charge in [0.1, 0.15) is 17.6 Å². The zero-order valence-electron chi connectivity index (χ0n) is 21.4. The lowest BCUT2D eigenvalue weighted by molar-refractivity contribution is -0.131. The first-order valence-corrected chi connectivity index (χ1v) is 13.6. The molecule has 0 bridgehead atoms. The molecule has 1 amide bonds. The van der Waals surface area contributed by atoms with Crippen LogP contribution in [0.4, 0.5) is 0 Å². The highest BCUT2D eigenvalue weighted by Gasteiger charge is 2.48. The van der Waals surface area contributed by atoms with Gasteiger partial charge in [0.25, 0.3) is 0 Å². The third-order valence-electron chi connectivity index (χ3n) is 7.73. The fourth-order valence-electron chi connectivity index (χ4n) is 5.78. The molecular formula is C30H29Cl2N3O3. The summed E-state index contributed by atoms with van der Waals surface area (Å²) in [7, 11) is 1.65. The number of methoxy groups -OCH3 is 1. The van der Waals surface area contributed by atoms with Gasteiger partial charge in [-0.1, -0.05) is 47.5 Å². The maximum Gasteiger partial charge on any atom is 0.236 e. The summed E-state index contributed by atoms with van der Waals surface area (Å²) in [5, 5.41) is 1.28. The van der Waals surface area contributed by atoms with Crippen LogP contribution in [-0.2, 0) is 16.1 Å². The molecular weight excluding hydrogens is 521 g/mol. The maximum atomic E-state index is 14.0. The fraction of sp³-hybridized carbons (Fsp3) is 0.333. The molecule has 0 saturated carbocycles. The Morgan fingerprint density at radius 2 is 1.71 bits per heavy atom. The second-order valence-electron chi connectivity index (χ2n) is 10.0. The quantitative estimate of drug-likeness (QED) is 0.390. The molecule has 0 N–H and O–H groups in total. The smallest absolute Gasteiger partial charge is 0.236 e. The van der Waals surface area contributed by atoms with Crippen LogP contribution in [0.15, 0.2) is 65.7 Å². The van der Waals surface area contributed by atoms with Crippen molar-refractivity contribution >= 4 is 34.9 Å². The van der Waals surface area contributed by atoms with E-state index < -0.39 is 0 Å². The molecule has 0 aliphatic carbocycles. The summed E-state index contributed by atoms with van der Waals surface area (Å²) in [6, 6.07) is 19.1. The van der Waals surface area contributed by atoms with Crippen LogP contribution in [0.1, 0.15) is 52.7 Å². The summed E-state index contributed by atoms with van der Waals surface area (Å²) in [6.07, 6.45) is 0. The Morgan fingerprint density at radius 3 is 2.45 bits per heavy atom. The highest BCUT2D eigenvalue weighted by Crippen LogP contribution is 2.50. The minimum Gasteiger partial charge on any atom is -0.496 e. The number of carbonyl (C=O) groups excluding carboxylic acids is 1. The number of benzene rings is 3. The monoisotopic (exact) mass is 549 g/mol. The minimum absolute atomic E-state index is 0.000570. The molecule has 3 atom stereocenters. The molecule has 1 fully saturated rings. The zero-order valence-corrected chi connectivity index (χ0v) is 22.9. The lowest BCUT2D eigenvalue weighted by Crippen LogP contribution is -2.44. The van der Waals surface area contributed by atoms with E-state index in [1.165, 1.54) is 0 Å². The van der Waals surface area contributed by atoms with E-state index in [0.29, 0.717) is 21.6 Å². The molecule has 196 valence electrons. The molecule has 3 aromatic carbocycles. The third-order valence-corrected chi connectivity index (χ3v) is 8.22. The average Bonchev–Trinajstić information content (AvgIpc) is 3.33. The Morgan fingerprint density at radius 1 is 0.974 bits per heavy atom. The lowest BCUT2D eigenvalue weighted by atomic mass is 9.82. The second kappa shape index (κ2) is 10.3. The summed E-state index contributed by atoms with van der Waals surface area (Å²) < 4.78 is 11.3. The number of aliphatic imine (C=N–C) groups is 1. The Kier molecular flexibility index (Phi) is 6.91. The fourth-order valence-corrected chi connectivity index (χ4v) is 6.09. The predicted molar refractivity (Wildman–Crippen MR) is 149 cm³/mol. The molecule has 1 saturated heterocycles. The molecule has 3 aliphatic rings. The first-order valence-electron chi connectivity index (χ1n) is 12.9. The van der Waals surface area contributed by atoms with Crippen molar-refractivity contribution in [1.82, 2.24) is 9.80 Å². The zero-order chi connectivity index (χ0) is 26.4. The van der Waals surface area contributed by atoms with Gasteiger partial charge in [-0.25, -0.2) is 0 Å². The molecule has 0 aromatic heterocycles. The van der Waals surface area contributed by atoms with Crippen molar-refractivity contribution in [2.75, 3.05) is 33.4 Å². The number of halogens is 2. The SMILES string of the molecule is COc1ccc(CN2CCOCC2)cc1C1=N[C@H](c2ccc(Cl)cc2)[C@@H]2c3ccc(Cl)cc3C(C)C(=O)N12. The van der Waals surface area contributed by atoms with Crippen LogP contribution in [0.25, 0.3) is 0 Å². The molecule has 3 aliphatic heterocycles. The Labute approximate surface area is 232 Å². The predicted octanol–water partition coefficient (Wildman–Crippen LogP) is 6.02. The van der Waals surface area contributed by atoms with E-state index >= 15 is 0 Å². The normalized spacial score (nSPS) is 23.2. The standard InChI is InChI=1S/C30H29Cl2N3O3/c1-18-24-16-22(32)8-9-23(24)28-27(20-4-6-21(31)7-5-20)33-29(35(28)30(18)36)25-15-19(3-10-26(25)37-2)17-34-11-13-38-14-12-34/h3-10,15-16,18,27-28H,11-14,17H2,1-2H3/t18?,27-,28+/m1/s1. The first-order chi connectivity index (χ1) is 18.4. The number of amidine groups is 1. The van der Waals surface area contributed by atoms with Crippen LogP contribution in [-0.4, -0.2) is 55.0 Å². The number of hydrogen-bond acceptors (Lipinski definition) is 5. The van der Waals surface area contributed by atoms with E-state index in [4.69, 9.17) is 37.7 Å². The van der Waals surface area contributed by atoms with E-state index in [2.05, 4.69) is 17.0 Å². The molecule has 38 heavy (non-hydrogen) atoms. The maximum absolute atomic E-state index is 14.0. The van der Waals surface area contributed by atoms with Gasteiger partial charge >= 0.3 is 0 Å². The Bertz CT molecular complexity index is 1400. The highest BCUT2D eigenvalue weighted by molar-refractivity contribution is 6.31. The van der Waals surface area contributed by atoms with Crippen LogP contribution in [0, 0.1) is 0 Å². The number of ether oxygens (including phenoxy) is 2. The van der Waals surface area contributed by atoms with Crippen molar-refractivity contribution in [2.24, 2.45) is 4.99 Å². The number of amides is 1. The van der Waals surface area contributed by atoms with E-state index in [9.17, 15) is 4.79 Å². The minimum atomic E-state index is -0.350. The van der Waals surface area contributed by atoms with Crippen LogP contribution in [0.3, 0.4) is 0 Å². The highest BCUT2D eigenvalue weighted by atomic mass is 35.5. The van der Waals surface area contributed by atoms with Gasteiger partial charge in [0.05, 0.1) is 37.8 Å². The molecule has 0 radical (unpaired) electrons. The lowest BCUT2D eigenvalue weighted by Gasteiger charge is -2.38. The van der Waals surface area contributed by atoms with Gasteiger partial charge < -0.3 is 9.47 Å². The summed E-state index contributed by atoms with van der Waals surface area (Å²) in [6.45, 7) is 6.00. The van der Waals surface area contributed by atoms with Gasteiger partial charge in [0, 0.05) is 29.7 Å². The van der Waals surface area contributed by atoms with Gasteiger partial charge in [0.2, 0.25) is 5.91 Å². The number of morpholine rings is 1. The largest absolute Gasteiger partial charge is 0.496 e. The average molecular weight is 550 g/mol. The number of carbonyl (C=O) groups is 1. The van der Waals surface area contributed by atoms with Crippen LogP contribution >= 0.6 is 23.2 Å². The van der Waals surface area contributed by atoms with Crippen molar-refractivity contribution < 1.29 is 14.3 Å². The van der Waals surface area contributed by atoms with Gasteiger partial charge in [-0.15, -0.1) is 0 Å². The molecule has 0 spiro atoms. The van der Waals surface area contributed by atoms with Crippen molar-refractivity contribution in [1.29, 1.82) is 0 Å². The number of hydrogen-bond donors (Lipinski definition) is 0. The van der Waals surface area contributed by atoms with Crippen molar-refractivity contribution in [3.8, 4) is 5.75 Å². The van der Waals surface area contributed by atoms with E-state index in [1.807, 2.05) is 60.4 Å². The third kappa shape index (κ3) is 4.50. The summed E-state index contributed by atoms with van der Waals surface area (Å²) >= 11 is 12.6. The molecule has 3 heterocycles. The number of fused-ring (bicyclic) bond motifs is 3. The molecule has 6 rings (SSSR count). The van der Waals surface area contributed by atoms with Gasteiger partial charge in [-0.05, 0) is 65.6 Å². The number of rotatable bonds is 5. The van der Waals surface area contributed by atoms with E-state index in [-0.39, 0.29) is 23.9 Å². The topological polar surface area (TPSA) is 54.4 Å². The molecule has 1 unspecified atom stereocenters. The van der Waals surface area contributed by atoms with Gasteiger partial charge in [0.15, 0.2) is 0 Å². The van der Waals surface area contributed by atoms with Crippen LogP contribution in [0.2, 0.25) is 10.0 Å². The summed E-state index contributed by atoms with van der Waals surface area (Å²) in [5.41, 5.74) is 4.96. The summed E-state index contributed by atoms with van der Waals surface area (Å²) in [5.74, 6) is 0.970. The molecule has 8 heteroatoms. The van der Waals surface area contributed by atoms with Crippen LogP contribution < -0.4 is 4.74 Å². The Hall–Kier alpha value is -2.90. The van der Waals surface area contributed by atoms with Crippen LogP contribution in [0.5, 0.6) is 5.75 Å². The van der Waals surface area contributed by atoms with Crippen molar-refractivity contribution in [3.63, 3.8) is 0 Å².